The number of urea groups is 1. The van der Waals surface area contributed by atoms with Crippen molar-refractivity contribution in [1.82, 2.24) is 10.6 Å². The Labute approximate surface area is 101 Å². The zero-order valence-corrected chi connectivity index (χ0v) is 10.00. The number of hydrogen-bond acceptors (Lipinski definition) is 2. The number of allylic oxidation sites excluding steroid dienone is 1. The maximum absolute atomic E-state index is 11.3. The van der Waals surface area contributed by atoms with Gasteiger partial charge in [0.15, 0.2) is 0 Å². The molecule has 0 bridgehead atoms. The highest BCUT2D eigenvalue weighted by Gasteiger charge is 2.05. The van der Waals surface area contributed by atoms with E-state index in [1.54, 1.807) is 0 Å². The van der Waals surface area contributed by atoms with Gasteiger partial charge in [0.2, 0.25) is 0 Å². The predicted molar refractivity (Wildman–Crippen MR) is 64.8 cm³/mol. The van der Waals surface area contributed by atoms with Crippen molar-refractivity contribution >= 4 is 12.0 Å². The molecule has 2 amide bonds. The van der Waals surface area contributed by atoms with E-state index in [1.165, 1.54) is 18.4 Å². The Kier molecular flexibility index (Phi) is 6.14. The smallest absolute Gasteiger partial charge is 0.315 e. The van der Waals surface area contributed by atoms with Gasteiger partial charge in [0.25, 0.3) is 0 Å². The molecule has 3 N–H and O–H groups in total. The largest absolute Gasteiger partial charge is 0.481 e. The van der Waals surface area contributed by atoms with Gasteiger partial charge in [-0.25, -0.2) is 4.79 Å². The molecule has 0 aromatic heterocycles. The molecule has 96 valence electrons. The highest BCUT2D eigenvalue weighted by Crippen LogP contribution is 2.15. The number of carbonyl (C=O) groups is 2. The molecule has 0 unspecified atom stereocenters. The van der Waals surface area contributed by atoms with Crippen LogP contribution in [0.25, 0.3) is 0 Å². The van der Waals surface area contributed by atoms with Crippen LogP contribution in [0.3, 0.4) is 0 Å². The third-order valence-electron chi connectivity index (χ3n) is 2.71. The first-order chi connectivity index (χ1) is 8.18. The van der Waals surface area contributed by atoms with Crippen LogP contribution in [0.2, 0.25) is 0 Å². The number of carboxylic acids is 1. The van der Waals surface area contributed by atoms with Gasteiger partial charge in [-0.15, -0.1) is 0 Å². The zero-order valence-electron chi connectivity index (χ0n) is 10.00. The van der Waals surface area contributed by atoms with Gasteiger partial charge in [-0.2, -0.15) is 0 Å². The number of nitrogens with one attached hydrogen (secondary N) is 2. The quantitative estimate of drug-likeness (QED) is 0.488. The van der Waals surface area contributed by atoms with Crippen molar-refractivity contribution in [3.05, 3.63) is 11.6 Å². The Bertz CT molecular complexity index is 300. The molecule has 0 spiro atoms. The van der Waals surface area contributed by atoms with Crippen LogP contribution in [0.1, 0.15) is 38.5 Å². The van der Waals surface area contributed by atoms with Crippen molar-refractivity contribution in [1.29, 1.82) is 0 Å². The van der Waals surface area contributed by atoms with E-state index in [1.807, 2.05) is 0 Å². The van der Waals surface area contributed by atoms with Crippen LogP contribution in [0, 0.1) is 0 Å². The summed E-state index contributed by atoms with van der Waals surface area (Å²) in [6.07, 6.45) is 7.36. The highest BCUT2D eigenvalue weighted by molar-refractivity contribution is 5.74. The van der Waals surface area contributed by atoms with E-state index in [-0.39, 0.29) is 12.5 Å². The average molecular weight is 240 g/mol. The van der Waals surface area contributed by atoms with Crippen molar-refractivity contribution in [2.24, 2.45) is 0 Å². The molecule has 0 radical (unpaired) electrons. The van der Waals surface area contributed by atoms with Gasteiger partial charge in [0.1, 0.15) is 0 Å². The van der Waals surface area contributed by atoms with Crippen molar-refractivity contribution < 1.29 is 14.7 Å². The number of aliphatic carboxylic acids is 1. The topological polar surface area (TPSA) is 78.4 Å². The summed E-state index contributed by atoms with van der Waals surface area (Å²) in [5.74, 6) is -0.834. The fourth-order valence-corrected chi connectivity index (χ4v) is 1.76. The second-order valence-electron chi connectivity index (χ2n) is 4.21. The molecule has 0 saturated carbocycles. The summed E-state index contributed by atoms with van der Waals surface area (Å²) >= 11 is 0. The van der Waals surface area contributed by atoms with Crippen molar-refractivity contribution in [2.75, 3.05) is 13.1 Å². The van der Waals surface area contributed by atoms with Gasteiger partial charge in [-0.1, -0.05) is 11.6 Å². The fourth-order valence-electron chi connectivity index (χ4n) is 1.76. The van der Waals surface area contributed by atoms with Gasteiger partial charge in [-0.3, -0.25) is 4.79 Å². The van der Waals surface area contributed by atoms with Crippen molar-refractivity contribution in [3.8, 4) is 0 Å². The minimum absolute atomic E-state index is 0.0887. The summed E-state index contributed by atoms with van der Waals surface area (Å²) in [6, 6.07) is -0.220. The highest BCUT2D eigenvalue weighted by atomic mass is 16.4. The fraction of sp³-hybridized carbons (Fsp3) is 0.667. The van der Waals surface area contributed by atoms with Crippen LogP contribution < -0.4 is 10.6 Å². The lowest BCUT2D eigenvalue weighted by atomic mass is 10.00. The standard InChI is InChI=1S/C12H20N2O3/c15-11(16)7-4-8-13-12(17)14-9-10-5-2-1-3-6-10/h5H,1-4,6-9H2,(H,15,16)(H2,13,14,17). The van der Waals surface area contributed by atoms with E-state index in [4.69, 9.17) is 5.11 Å². The molecule has 0 aromatic carbocycles. The van der Waals surface area contributed by atoms with Crippen LogP contribution in [-0.4, -0.2) is 30.2 Å². The zero-order chi connectivity index (χ0) is 12.5. The van der Waals surface area contributed by atoms with E-state index in [2.05, 4.69) is 16.7 Å². The predicted octanol–water partition coefficient (Wildman–Crippen LogP) is 1.65. The molecule has 1 aliphatic rings. The molecule has 1 rings (SSSR count). The number of amides is 2. The minimum Gasteiger partial charge on any atom is -0.481 e. The van der Waals surface area contributed by atoms with Gasteiger partial charge in [-0.05, 0) is 32.1 Å². The maximum Gasteiger partial charge on any atom is 0.315 e. The molecule has 0 atom stereocenters. The SMILES string of the molecule is O=C(O)CCCNC(=O)NCC1=CCCCC1. The Morgan fingerprint density at radius 3 is 2.76 bits per heavy atom. The molecule has 0 aromatic rings. The van der Waals surface area contributed by atoms with E-state index in [0.717, 1.165) is 12.8 Å². The number of carbonyl (C=O) groups excluding carboxylic acids is 1. The van der Waals surface area contributed by atoms with Gasteiger partial charge in [0, 0.05) is 19.5 Å². The summed E-state index contributed by atoms with van der Waals surface area (Å²) in [5, 5.41) is 13.8. The Morgan fingerprint density at radius 2 is 2.12 bits per heavy atom. The van der Waals surface area contributed by atoms with Crippen molar-refractivity contribution in [3.63, 3.8) is 0 Å². The van der Waals surface area contributed by atoms with Crippen LogP contribution in [0.4, 0.5) is 4.79 Å². The molecule has 5 nitrogen and oxygen atoms in total. The number of rotatable bonds is 6. The minimum atomic E-state index is -0.834. The number of carboxylic acid groups (broad SMARTS) is 1. The average Bonchev–Trinajstić information content (AvgIpc) is 2.33. The summed E-state index contributed by atoms with van der Waals surface area (Å²) in [5.41, 5.74) is 1.29. The van der Waals surface area contributed by atoms with Gasteiger partial charge >= 0.3 is 12.0 Å². The molecular formula is C12H20N2O3. The molecule has 1 aliphatic carbocycles. The first-order valence-electron chi connectivity index (χ1n) is 6.10. The van der Waals surface area contributed by atoms with Crippen LogP contribution in [0.15, 0.2) is 11.6 Å². The van der Waals surface area contributed by atoms with Gasteiger partial charge in [0.05, 0.1) is 0 Å². The van der Waals surface area contributed by atoms with Gasteiger partial charge < -0.3 is 15.7 Å². The van der Waals surface area contributed by atoms with Crippen LogP contribution in [-0.2, 0) is 4.79 Å². The second kappa shape index (κ2) is 7.70. The second-order valence-corrected chi connectivity index (χ2v) is 4.21. The van der Waals surface area contributed by atoms with E-state index >= 15 is 0 Å². The monoisotopic (exact) mass is 240 g/mol. The molecule has 17 heavy (non-hydrogen) atoms. The lowest BCUT2D eigenvalue weighted by Crippen LogP contribution is -2.37. The van der Waals surface area contributed by atoms with E-state index in [0.29, 0.717) is 19.5 Å². The van der Waals surface area contributed by atoms with Crippen molar-refractivity contribution in [2.45, 2.75) is 38.5 Å². The lowest BCUT2D eigenvalue weighted by Gasteiger charge is -2.13. The molecule has 0 heterocycles. The van der Waals surface area contributed by atoms with E-state index in [9.17, 15) is 9.59 Å². The maximum atomic E-state index is 11.3. The Balaban J connectivity index is 2.04. The number of hydrogen-bond donors (Lipinski definition) is 3. The molecule has 5 heteroatoms. The molecule has 0 fully saturated rings. The Hall–Kier alpha value is -1.52. The third kappa shape index (κ3) is 6.60. The normalized spacial score (nSPS) is 14.9. The van der Waals surface area contributed by atoms with Crippen LogP contribution in [0.5, 0.6) is 0 Å². The summed E-state index contributed by atoms with van der Waals surface area (Å²) in [4.78, 5) is 21.6. The van der Waals surface area contributed by atoms with Crippen LogP contribution >= 0.6 is 0 Å². The van der Waals surface area contributed by atoms with E-state index < -0.39 is 5.97 Å². The summed E-state index contributed by atoms with van der Waals surface area (Å²) < 4.78 is 0. The molecular weight excluding hydrogens is 220 g/mol. The summed E-state index contributed by atoms with van der Waals surface area (Å²) in [6.45, 7) is 1.00. The molecule has 0 saturated heterocycles. The lowest BCUT2D eigenvalue weighted by molar-refractivity contribution is -0.137. The Morgan fingerprint density at radius 1 is 1.29 bits per heavy atom. The summed E-state index contributed by atoms with van der Waals surface area (Å²) in [7, 11) is 0. The third-order valence-corrected chi connectivity index (χ3v) is 2.71. The molecule has 0 aliphatic heterocycles. The first kappa shape index (κ1) is 13.5. The first-order valence-corrected chi connectivity index (χ1v) is 6.10.